The van der Waals surface area contributed by atoms with E-state index in [2.05, 4.69) is 43.8 Å². The van der Waals surface area contributed by atoms with Crippen molar-refractivity contribution in [2.45, 2.75) is 295 Å². The minimum absolute atomic E-state index is 0. The number of para-hydroxylation sites is 6. The lowest BCUT2D eigenvalue weighted by atomic mass is 9.78. The first-order chi connectivity index (χ1) is 67.8. The average molecular weight is 2150 g/mol. The lowest BCUT2D eigenvalue weighted by Gasteiger charge is -2.50. The number of hydrogen-bond donors (Lipinski definition) is 3. The van der Waals surface area contributed by atoms with E-state index in [9.17, 15) is 48.3 Å². The average Bonchev–Trinajstić information content (AvgIpc) is 0.793. The van der Waals surface area contributed by atoms with Crippen LogP contribution >= 0.6 is 58.8 Å². The summed E-state index contributed by atoms with van der Waals surface area (Å²) in [6.45, 7) is 47.0. The van der Waals surface area contributed by atoms with Gasteiger partial charge in [-0.15, -0.1) is 12.4 Å². The van der Waals surface area contributed by atoms with Crippen LogP contribution in [0, 0.1) is 6.57 Å². The van der Waals surface area contributed by atoms with Crippen molar-refractivity contribution >= 4 is 168 Å². The minimum atomic E-state index is -1.79. The molecular formula is C104H141Cl5N12O24Si. The molecule has 8 amide bonds. The molecule has 5 aromatic carbocycles. The molecule has 10 fully saturated rings. The van der Waals surface area contributed by atoms with Gasteiger partial charge in [0.2, 0.25) is 0 Å². The van der Waals surface area contributed by atoms with Crippen molar-refractivity contribution < 1.29 is 115 Å². The summed E-state index contributed by atoms with van der Waals surface area (Å²) in [5.74, 6) is -0.348. The first kappa shape index (κ1) is 119. The van der Waals surface area contributed by atoms with Gasteiger partial charge in [0.25, 0.3) is 17.7 Å². The highest BCUT2D eigenvalue weighted by molar-refractivity contribution is 6.69. The number of carbonyl (C=O) groups is 9. The molecule has 146 heavy (non-hydrogen) atoms. The van der Waals surface area contributed by atoms with Crippen molar-refractivity contribution in [2.24, 2.45) is 0 Å². The number of anilines is 6. The van der Waals surface area contributed by atoms with Crippen LogP contribution in [0.15, 0.2) is 109 Å². The summed E-state index contributed by atoms with van der Waals surface area (Å²) in [6.07, 6.45) is 11.2. The van der Waals surface area contributed by atoms with Crippen molar-refractivity contribution in [2.75, 3.05) is 134 Å². The van der Waals surface area contributed by atoms with E-state index < -0.39 is 77.1 Å². The summed E-state index contributed by atoms with van der Waals surface area (Å²) in [6, 6.07) is 36.3. The number of likely N-dealkylation sites (tertiary alicyclic amines) is 5. The van der Waals surface area contributed by atoms with Gasteiger partial charge in [-0.1, -0.05) is 82.8 Å². The zero-order valence-electron chi connectivity index (χ0n) is 86.7. The number of carbonyl (C=O) groups excluding carboxylic acids is 13. The van der Waals surface area contributed by atoms with Crippen LogP contribution in [0.2, 0.25) is 39.7 Å². The molecule has 0 atom stereocenters. The third-order valence-corrected chi connectivity index (χ3v) is 26.7. The lowest BCUT2D eigenvalue weighted by Crippen LogP contribution is -2.72. The van der Waals surface area contributed by atoms with Crippen LogP contribution in [0.25, 0.3) is 4.85 Å². The number of Topliss-reactive ketones (excluding diaryl/α,β-unsaturated/α-hetero) is 1. The SMILES string of the molecule is CC(C)(C)OC(=O)N1CC(=O)C1.CC(C)(C)OC(=O)N1CC(O)(C(=O)N2CCN(C3CC3)c3ccccc32)C1.CC(C)(C)OC(=O)N1CC(O)C1.CC(C)(C)OC(=O)N1CC(OCc2cc(Cl)ccc2Cl)(C(=O)N2CCN(C3CC3)c3ccccc32)C1.Cl.O=C(N1CCN(C2CC2)c2ccccc21)C1(OCc2cc(Cl)ccc2Cl)CCC1.O=C=O.O=C=O.OC1CCC1.[C-]#[N+]C1(O[Si](C)(C)C)CN(C(=O)OC(C)(C)C)C1. The van der Waals surface area contributed by atoms with Crippen LogP contribution in [-0.2, 0) is 89.2 Å². The molecule has 8 aliphatic heterocycles. The first-order valence-corrected chi connectivity index (χ1v) is 53.9. The Morgan fingerprint density at radius 1 is 0.418 bits per heavy atom. The highest BCUT2D eigenvalue weighted by atomic mass is 35.5. The van der Waals surface area contributed by atoms with Gasteiger partial charge < -0.3 is 97.0 Å². The van der Waals surface area contributed by atoms with Crippen molar-refractivity contribution in [1.82, 2.24) is 24.5 Å². The Labute approximate surface area is 882 Å². The van der Waals surface area contributed by atoms with Crippen molar-refractivity contribution in [3.05, 3.63) is 152 Å². The molecule has 3 N–H and O–H groups in total. The van der Waals surface area contributed by atoms with E-state index in [1.807, 2.05) is 141 Å². The van der Waals surface area contributed by atoms with E-state index in [1.54, 1.807) is 81.7 Å². The van der Waals surface area contributed by atoms with Crippen LogP contribution in [0.3, 0.4) is 0 Å². The van der Waals surface area contributed by atoms with Crippen molar-refractivity contribution in [3.63, 3.8) is 0 Å². The molecule has 8 heterocycles. The Morgan fingerprint density at radius 3 is 1.01 bits per heavy atom. The summed E-state index contributed by atoms with van der Waals surface area (Å²) in [4.78, 5) is 166. The fraction of sp³-hybridized carbons (Fsp3) is 0.596. The predicted octanol–water partition coefficient (Wildman–Crippen LogP) is 16.8. The fourth-order valence-electron chi connectivity index (χ4n) is 16.9. The number of halogens is 5. The largest absolute Gasteiger partial charge is 0.444 e. The summed E-state index contributed by atoms with van der Waals surface area (Å²) in [5, 5.41) is 30.4. The Morgan fingerprint density at radius 2 is 0.719 bits per heavy atom. The van der Waals surface area contributed by atoms with Crippen LogP contribution in [0.1, 0.15) is 192 Å². The van der Waals surface area contributed by atoms with Crippen LogP contribution in [0.4, 0.5) is 58.1 Å². The van der Waals surface area contributed by atoms with E-state index in [4.69, 9.17) is 120 Å². The van der Waals surface area contributed by atoms with E-state index in [-0.39, 0.29) is 125 Å². The highest BCUT2D eigenvalue weighted by Gasteiger charge is 2.59. The molecule has 13 aliphatic rings. The number of benzene rings is 5. The smallest absolute Gasteiger partial charge is 0.411 e. The number of nitrogens with zero attached hydrogens (tertiary/aromatic N) is 12. The highest BCUT2D eigenvalue weighted by Crippen LogP contribution is 2.48. The molecule has 0 bridgehead atoms. The molecule has 36 nitrogen and oxygen atoms in total. The monoisotopic (exact) mass is 2140 g/mol. The molecule has 0 radical (unpaired) electrons. The van der Waals surface area contributed by atoms with Gasteiger partial charge >= 0.3 is 48.5 Å². The van der Waals surface area contributed by atoms with E-state index in [0.29, 0.717) is 89.6 Å². The Bertz CT molecular complexity index is 5490. The number of aliphatic hydroxyl groups is 3. The summed E-state index contributed by atoms with van der Waals surface area (Å²) < 4.78 is 44.6. The predicted molar refractivity (Wildman–Crippen MR) is 555 cm³/mol. The third kappa shape index (κ3) is 33.6. The fourth-order valence-corrected chi connectivity index (χ4v) is 18.9. The van der Waals surface area contributed by atoms with Gasteiger partial charge in [0.15, 0.2) is 25.3 Å². The molecular weight excluding hydrogens is 2010 g/mol. The van der Waals surface area contributed by atoms with Crippen LogP contribution in [0.5, 0.6) is 0 Å². The zero-order chi connectivity index (χ0) is 107. The number of amides is 8. The molecule has 42 heteroatoms. The molecule has 18 rings (SSSR count). The quantitative estimate of drug-likeness (QED) is 0.0528. The number of ketones is 1. The van der Waals surface area contributed by atoms with Gasteiger partial charge in [-0.05, 0) is 284 Å². The zero-order valence-corrected chi connectivity index (χ0v) is 91.5. The second-order valence-corrected chi connectivity index (χ2v) is 50.1. The van der Waals surface area contributed by atoms with Gasteiger partial charge in [-0.2, -0.15) is 19.2 Å². The molecule has 5 saturated heterocycles. The lowest BCUT2D eigenvalue weighted by molar-refractivity contribution is -0.193. The van der Waals surface area contributed by atoms with Crippen LogP contribution in [-0.4, -0.2) is 300 Å². The maximum absolute atomic E-state index is 14.1. The second-order valence-electron chi connectivity index (χ2n) is 44.0. The third-order valence-electron chi connectivity index (χ3n) is 24.5. The van der Waals surface area contributed by atoms with Crippen molar-refractivity contribution in [1.29, 1.82) is 0 Å². The van der Waals surface area contributed by atoms with E-state index in [1.165, 1.54) is 75.1 Å². The molecule has 0 aromatic heterocycles. The van der Waals surface area contributed by atoms with Crippen LogP contribution < -0.4 is 29.4 Å². The molecule has 5 aliphatic carbocycles. The number of β-amino-alcohol motifs (C(OH)–C–C–N with tert-alkyl or cyclic N) is 2. The Balaban J connectivity index is 0.000000197. The standard InChI is InChI=1S/C27H31Cl2N3O4.C23H24Cl2N2O2.C20H27N3O4.C12H22N2O3Si.C8H15NO3.C8H13NO3.C4H8O.2CO2.ClH/c1-26(2,3)36-25(34)30-16-27(17-30,35-15-18-14-19(28)8-11-21(18)29)24(33)32-13-12-31(20-9-10-20)22-6-4-5-7-23(22)32;24-17-6-9-19(25)16(14-17)15-29-23(10-3-11-23)22(28)27-13-12-26(18-7-8-18)20-4-1-2-5-21(20)27;1-19(2,3)27-18(25)21-12-20(26,13-21)17(24)23-11-10-22(14-8-9-14)15-6-4-5-7-16(15)23;1-11(2,3)16-10(15)14-8-12(9-14,13-4)17-18(5,6)7;2*1-8(2,3)12-7(11)9-4-6(10)5-9;5-4-2-1-3-4;2*2-1-3;/h4-8,11,14,20H,9-10,12-13,15-17H2,1-3H3;1-2,4-6,9,14,18H,3,7-8,10-13,15H2;4-7,14,26H,8-13H2,1-3H3;8-9H2,1-3,5-7H3;6,10H,4-5H2,1-3H3;4-5H2,1-3H3;4-5H,1-3H2;;;1H. The van der Waals surface area contributed by atoms with Gasteiger partial charge in [0, 0.05) is 77.5 Å². The number of hydrogen-bond acceptors (Lipinski definition) is 27. The summed E-state index contributed by atoms with van der Waals surface area (Å²) in [5.41, 5.74) is 0.467. The molecule has 5 aromatic rings. The number of ether oxygens (including phenoxy) is 7. The Hall–Kier alpha value is -10.4. The number of fused-ring (bicyclic) bond motifs is 3. The normalized spacial score (nSPS) is 18.9. The maximum atomic E-state index is 14.1. The maximum Gasteiger partial charge on any atom is 0.411 e. The topological polar surface area (TPSA) is 396 Å². The van der Waals surface area contributed by atoms with Gasteiger partial charge in [0.05, 0.1) is 112 Å². The number of aliphatic hydroxyl groups excluding tert-OH is 2. The molecule has 0 spiro atoms. The van der Waals surface area contributed by atoms with Gasteiger partial charge in [-0.25, -0.2) is 30.5 Å². The van der Waals surface area contributed by atoms with Gasteiger partial charge in [0.1, 0.15) is 46.7 Å². The molecule has 0 unspecified atom stereocenters. The Kier molecular flexibility index (Phi) is 40.7. The van der Waals surface area contributed by atoms with Crippen molar-refractivity contribution in [3.8, 4) is 0 Å². The van der Waals surface area contributed by atoms with E-state index >= 15 is 0 Å². The minimum Gasteiger partial charge on any atom is -0.444 e. The molecule has 5 saturated carbocycles. The summed E-state index contributed by atoms with van der Waals surface area (Å²) in [7, 11) is -1.79. The number of rotatable bonds is 14. The van der Waals surface area contributed by atoms with Gasteiger partial charge in [-0.3, -0.25) is 33.8 Å². The summed E-state index contributed by atoms with van der Waals surface area (Å²) >= 11 is 24.9. The second kappa shape index (κ2) is 49.8. The van der Waals surface area contributed by atoms with E-state index in [0.717, 1.165) is 85.7 Å². The molecule has 800 valence electrons. The first-order valence-electron chi connectivity index (χ1n) is 49.0.